The highest BCUT2D eigenvalue weighted by molar-refractivity contribution is 5.89. The van der Waals surface area contributed by atoms with Gasteiger partial charge in [-0.05, 0) is 42.7 Å². The first-order valence-electron chi connectivity index (χ1n) is 13.3. The van der Waals surface area contributed by atoms with Crippen LogP contribution in [0.1, 0.15) is 66.0 Å². The smallest absolute Gasteiger partial charge is 0.416 e. The second-order valence-electron chi connectivity index (χ2n) is 10.2. The second-order valence-corrected chi connectivity index (χ2v) is 10.2. The van der Waals surface area contributed by atoms with Crippen molar-refractivity contribution in [2.75, 3.05) is 18.6 Å². The Morgan fingerprint density at radius 3 is 2.24 bits per heavy atom. The Hall–Kier alpha value is -4.67. The zero-order chi connectivity index (χ0) is 33.3. The number of carboxylic acid groups (broad SMARTS) is 2. The van der Waals surface area contributed by atoms with Crippen molar-refractivity contribution in [3.63, 3.8) is 0 Å². The van der Waals surface area contributed by atoms with E-state index in [4.69, 9.17) is 20.3 Å². The van der Waals surface area contributed by atoms with E-state index in [1.807, 2.05) is 0 Å². The van der Waals surface area contributed by atoms with Gasteiger partial charge in [-0.15, -0.1) is 0 Å². The number of hydrogen-bond donors (Lipinski definition) is 3. The quantitative estimate of drug-likeness (QED) is 0.256. The number of aromatic nitrogens is 3. The van der Waals surface area contributed by atoms with Crippen LogP contribution in [0.5, 0.6) is 11.6 Å². The molecule has 3 heterocycles. The highest BCUT2D eigenvalue weighted by Gasteiger charge is 2.47. The Morgan fingerprint density at radius 2 is 1.71 bits per heavy atom. The molecule has 2 aromatic heterocycles. The van der Waals surface area contributed by atoms with Crippen LogP contribution in [0.25, 0.3) is 0 Å². The Kier molecular flexibility index (Phi) is 9.14. The number of nitrogens with zero attached hydrogens (tertiary/aromatic N) is 4. The lowest BCUT2D eigenvalue weighted by Crippen LogP contribution is -2.61. The molecule has 1 aliphatic rings. The molecule has 0 bridgehead atoms. The number of carbonyl (C=O) groups is 2. The zero-order valence-electron chi connectivity index (χ0n) is 23.7. The van der Waals surface area contributed by atoms with Crippen molar-refractivity contribution in [3.8, 4) is 11.6 Å². The van der Waals surface area contributed by atoms with Crippen LogP contribution in [0, 0.1) is 0 Å². The van der Waals surface area contributed by atoms with Crippen LogP contribution < -0.4 is 20.1 Å². The first-order chi connectivity index (χ1) is 21.0. The average Bonchev–Trinajstić information content (AvgIpc) is 2.95. The van der Waals surface area contributed by atoms with Gasteiger partial charge in [-0.1, -0.05) is 6.92 Å². The van der Waals surface area contributed by atoms with Gasteiger partial charge in [0.1, 0.15) is 11.5 Å². The molecule has 0 radical (unpaired) electrons. The lowest BCUT2D eigenvalue weighted by molar-refractivity contribution is -0.143. The van der Waals surface area contributed by atoms with Gasteiger partial charge in [0.2, 0.25) is 5.88 Å². The summed E-state index contributed by atoms with van der Waals surface area (Å²) in [5, 5.41) is 19.0. The molecule has 0 fully saturated rings. The molecule has 0 unspecified atom stereocenters. The number of carboxylic acids is 1. The molecule has 1 aliphatic heterocycles. The van der Waals surface area contributed by atoms with E-state index in [0.717, 1.165) is 11.1 Å². The predicted octanol–water partition coefficient (Wildman–Crippen LogP) is 5.45. The molecule has 0 saturated carbocycles. The van der Waals surface area contributed by atoms with E-state index in [-0.39, 0.29) is 53.4 Å². The summed E-state index contributed by atoms with van der Waals surface area (Å²) in [6, 6.07) is 3.95. The van der Waals surface area contributed by atoms with E-state index in [0.29, 0.717) is 12.1 Å². The number of amides is 1. The number of ether oxygens (including phenoxy) is 2. The van der Waals surface area contributed by atoms with E-state index < -0.39 is 72.1 Å². The number of hydrogen-bond acceptors (Lipinski definition) is 8. The van der Waals surface area contributed by atoms with E-state index in [1.165, 1.54) is 19.2 Å². The summed E-state index contributed by atoms with van der Waals surface area (Å²) >= 11 is 0. The van der Waals surface area contributed by atoms with Crippen LogP contribution in [0.2, 0.25) is 0 Å². The normalized spacial score (nSPS) is 18.3. The van der Waals surface area contributed by atoms with Gasteiger partial charge in [0.05, 0.1) is 60.5 Å². The Labute approximate surface area is 251 Å². The van der Waals surface area contributed by atoms with Crippen molar-refractivity contribution in [3.05, 3.63) is 70.4 Å². The maximum Gasteiger partial charge on any atom is 0.416 e. The molecule has 1 aromatic carbocycles. The van der Waals surface area contributed by atoms with E-state index in [9.17, 15) is 41.0 Å². The number of benzene rings is 1. The van der Waals surface area contributed by atoms with Crippen LogP contribution in [0.4, 0.5) is 36.8 Å². The molecule has 4 rings (SSSR count). The lowest BCUT2D eigenvalue weighted by Gasteiger charge is -2.45. The van der Waals surface area contributed by atoms with Gasteiger partial charge in [-0.3, -0.25) is 9.69 Å². The van der Waals surface area contributed by atoms with Crippen LogP contribution >= 0.6 is 0 Å². The SMILES string of the molecule is CC[C@]1(N)C[C@H](c2ncc(OCCC(=O)O)c(Cc3cc(C(F)(F)F)cc(C(F)(F)F)c3)n2)c2nc(OC)ccc2N1C(=O)O. The zero-order valence-corrected chi connectivity index (χ0v) is 23.7. The number of halogens is 6. The first kappa shape index (κ1) is 33.2. The Morgan fingerprint density at radius 1 is 1.07 bits per heavy atom. The van der Waals surface area contributed by atoms with E-state index in [1.54, 1.807) is 6.92 Å². The topological polar surface area (TPSA) is 161 Å². The van der Waals surface area contributed by atoms with Crippen molar-refractivity contribution >= 4 is 17.7 Å². The van der Waals surface area contributed by atoms with Crippen LogP contribution in [-0.4, -0.2) is 56.6 Å². The first-order valence-corrected chi connectivity index (χ1v) is 13.3. The summed E-state index contributed by atoms with van der Waals surface area (Å²) in [7, 11) is 1.34. The largest absolute Gasteiger partial charge is 0.489 e. The molecule has 4 N–H and O–H groups in total. The number of fused-ring (bicyclic) bond motifs is 1. The number of rotatable bonds is 9. The van der Waals surface area contributed by atoms with Crippen molar-refractivity contribution < 1.29 is 55.6 Å². The van der Waals surface area contributed by atoms with Gasteiger partial charge < -0.3 is 25.4 Å². The van der Waals surface area contributed by atoms with E-state index >= 15 is 0 Å². The van der Waals surface area contributed by atoms with Crippen molar-refractivity contribution in [2.24, 2.45) is 5.73 Å². The van der Waals surface area contributed by atoms with Gasteiger partial charge in [-0.25, -0.2) is 19.7 Å². The molecular formula is C28H27F6N5O6. The van der Waals surface area contributed by atoms with Crippen LogP contribution in [0.15, 0.2) is 36.5 Å². The Balaban J connectivity index is 1.88. The van der Waals surface area contributed by atoms with Gasteiger partial charge >= 0.3 is 24.4 Å². The van der Waals surface area contributed by atoms with Gasteiger partial charge in [-0.2, -0.15) is 26.3 Å². The molecule has 11 nitrogen and oxygen atoms in total. The molecule has 3 aromatic rings. The molecule has 0 spiro atoms. The monoisotopic (exact) mass is 643 g/mol. The fraction of sp³-hybridized carbons (Fsp3) is 0.393. The molecule has 45 heavy (non-hydrogen) atoms. The third kappa shape index (κ3) is 7.19. The minimum absolute atomic E-state index is 0.00300. The summed E-state index contributed by atoms with van der Waals surface area (Å²) in [6.07, 6.45) is -11.5. The number of anilines is 1. The van der Waals surface area contributed by atoms with Crippen molar-refractivity contribution in [1.29, 1.82) is 0 Å². The van der Waals surface area contributed by atoms with Crippen molar-refractivity contribution in [2.45, 2.75) is 56.5 Å². The molecule has 1 amide bonds. The highest BCUT2D eigenvalue weighted by Crippen LogP contribution is 2.45. The van der Waals surface area contributed by atoms with Crippen molar-refractivity contribution in [1.82, 2.24) is 15.0 Å². The van der Waals surface area contributed by atoms with Gasteiger partial charge in [0.25, 0.3) is 0 Å². The molecule has 242 valence electrons. The summed E-state index contributed by atoms with van der Waals surface area (Å²) in [4.78, 5) is 37.4. The minimum atomic E-state index is -5.09. The minimum Gasteiger partial charge on any atom is -0.489 e. The van der Waals surface area contributed by atoms with Crippen LogP contribution in [-0.2, 0) is 23.6 Å². The number of pyridine rings is 1. The second kappa shape index (κ2) is 12.4. The van der Waals surface area contributed by atoms with Gasteiger partial charge in [0, 0.05) is 12.5 Å². The lowest BCUT2D eigenvalue weighted by atomic mass is 9.83. The fourth-order valence-electron chi connectivity index (χ4n) is 5.00. The summed E-state index contributed by atoms with van der Waals surface area (Å²) in [5.41, 5.74) is 1.70. The standard InChI is InChI=1S/C28H27F6N5O6/c1-3-26(35)12-17(23-19(39(26)25(42)43)4-5-21(38-23)44-2)24-36-13-20(45-7-6-22(40)41)18(37-24)10-14-8-15(27(29,30)31)11-16(9-14)28(32,33)34/h4-5,8-9,11,13,17H,3,6-7,10,12,35H2,1-2H3,(H,40,41)(H,42,43)/t17-,26+/m0/s1. The summed E-state index contributed by atoms with van der Waals surface area (Å²) in [5.74, 6) is -2.23. The Bertz CT molecular complexity index is 1570. The molecule has 17 heteroatoms. The number of aliphatic carboxylic acids is 1. The fourth-order valence-corrected chi connectivity index (χ4v) is 5.00. The molecule has 0 aliphatic carbocycles. The van der Waals surface area contributed by atoms with Gasteiger partial charge in [0.15, 0.2) is 5.75 Å². The summed E-state index contributed by atoms with van der Waals surface area (Å²) in [6.45, 7) is 1.26. The maximum atomic E-state index is 13.6. The number of methoxy groups -OCH3 is 1. The third-order valence-corrected chi connectivity index (χ3v) is 7.22. The predicted molar refractivity (Wildman–Crippen MR) is 144 cm³/mol. The summed E-state index contributed by atoms with van der Waals surface area (Å²) < 4.78 is 92.0. The molecule has 0 saturated heterocycles. The van der Waals surface area contributed by atoms with Crippen LogP contribution in [0.3, 0.4) is 0 Å². The average molecular weight is 644 g/mol. The maximum absolute atomic E-state index is 13.6. The molecule has 2 atom stereocenters. The molecular weight excluding hydrogens is 616 g/mol. The third-order valence-electron chi connectivity index (χ3n) is 7.22. The number of nitrogens with two attached hydrogens (primary N) is 1. The highest BCUT2D eigenvalue weighted by atomic mass is 19.4. The number of alkyl halides is 6. The van der Waals surface area contributed by atoms with E-state index in [2.05, 4.69) is 15.0 Å².